The summed E-state index contributed by atoms with van der Waals surface area (Å²) in [5.41, 5.74) is 0. The molecule has 0 atom stereocenters. The van der Waals surface area contributed by atoms with E-state index >= 15 is 0 Å². The van der Waals surface area contributed by atoms with Crippen LogP contribution in [0.3, 0.4) is 0 Å². The molecule has 2 aliphatic carbocycles. The van der Waals surface area contributed by atoms with E-state index in [4.69, 9.17) is 0 Å². The molecule has 0 heterocycles. The highest BCUT2D eigenvalue weighted by molar-refractivity contribution is 6.15. The van der Waals surface area contributed by atoms with Gasteiger partial charge in [-0.25, -0.2) is 0 Å². The summed E-state index contributed by atoms with van der Waals surface area (Å²) in [4.78, 5) is 0. The smallest absolute Gasteiger partial charge is 0.0557 e. The van der Waals surface area contributed by atoms with Gasteiger partial charge < -0.3 is 0 Å². The van der Waals surface area contributed by atoms with Crippen LogP contribution in [0.5, 0.6) is 0 Å². The summed E-state index contributed by atoms with van der Waals surface area (Å²) in [6, 6.07) is 0. The van der Waals surface area contributed by atoms with E-state index in [0.717, 1.165) is 5.92 Å². The van der Waals surface area contributed by atoms with Gasteiger partial charge >= 0.3 is 0 Å². The molecule has 2 saturated carbocycles. The fourth-order valence-electron chi connectivity index (χ4n) is 4.45. The van der Waals surface area contributed by atoms with Gasteiger partial charge in [0, 0.05) is 0 Å². The SMILES string of the molecule is BC1(C2CCCCCCCC2)CCCCCCC1. The summed E-state index contributed by atoms with van der Waals surface area (Å²) in [7, 11) is 2.64. The second-order valence-corrected chi connectivity index (χ2v) is 7.32. The first-order valence-electron chi connectivity index (χ1n) is 8.81. The molecule has 0 saturated heterocycles. The van der Waals surface area contributed by atoms with Crippen molar-refractivity contribution < 1.29 is 0 Å². The third-order valence-corrected chi connectivity index (χ3v) is 5.84. The Morgan fingerprint density at radius 3 is 1.44 bits per heavy atom. The van der Waals surface area contributed by atoms with Crippen LogP contribution in [-0.4, -0.2) is 7.85 Å². The van der Waals surface area contributed by atoms with Gasteiger partial charge in [-0.3, -0.25) is 0 Å². The molecule has 1 heteroatoms. The first-order chi connectivity index (χ1) is 8.81. The molecule has 2 aliphatic rings. The highest BCUT2D eigenvalue weighted by Crippen LogP contribution is 2.49. The molecule has 0 bridgehead atoms. The van der Waals surface area contributed by atoms with Crippen molar-refractivity contribution in [2.45, 2.75) is 102 Å². The van der Waals surface area contributed by atoms with Crippen LogP contribution in [0.4, 0.5) is 0 Å². The fourth-order valence-corrected chi connectivity index (χ4v) is 4.45. The van der Waals surface area contributed by atoms with Crippen molar-refractivity contribution in [3.63, 3.8) is 0 Å². The molecular weight excluding hydrogens is 215 g/mol. The van der Waals surface area contributed by atoms with Crippen molar-refractivity contribution in [3.05, 3.63) is 0 Å². The van der Waals surface area contributed by atoms with E-state index in [1.807, 2.05) is 0 Å². The van der Waals surface area contributed by atoms with Crippen molar-refractivity contribution in [2.24, 2.45) is 5.92 Å². The summed E-state index contributed by atoms with van der Waals surface area (Å²) in [6.07, 6.45) is 22.7. The van der Waals surface area contributed by atoms with Crippen LogP contribution in [0.2, 0.25) is 5.31 Å². The lowest BCUT2D eigenvalue weighted by Crippen LogP contribution is -2.25. The van der Waals surface area contributed by atoms with E-state index in [1.165, 1.54) is 96.3 Å². The topological polar surface area (TPSA) is 0 Å². The second-order valence-electron chi connectivity index (χ2n) is 7.32. The van der Waals surface area contributed by atoms with Crippen LogP contribution in [0.25, 0.3) is 0 Å². The Kier molecular flexibility index (Phi) is 6.11. The maximum Gasteiger partial charge on any atom is 0.109 e. The van der Waals surface area contributed by atoms with Crippen molar-refractivity contribution in [3.8, 4) is 0 Å². The highest BCUT2D eigenvalue weighted by Gasteiger charge is 2.33. The molecule has 0 nitrogen and oxygen atoms in total. The minimum Gasteiger partial charge on any atom is -0.0557 e. The van der Waals surface area contributed by atoms with Gasteiger partial charge in [-0.15, -0.1) is 0 Å². The van der Waals surface area contributed by atoms with E-state index in [9.17, 15) is 0 Å². The molecule has 0 N–H and O–H groups in total. The summed E-state index contributed by atoms with van der Waals surface area (Å²) in [5.74, 6) is 1.05. The van der Waals surface area contributed by atoms with Crippen LogP contribution in [0.1, 0.15) is 96.3 Å². The zero-order valence-corrected chi connectivity index (χ0v) is 12.7. The molecular formula is C17H33B. The Hall–Kier alpha value is 0.0649. The largest absolute Gasteiger partial charge is 0.109 e. The molecule has 2 rings (SSSR count). The molecule has 0 aliphatic heterocycles. The van der Waals surface area contributed by atoms with Gasteiger partial charge in [-0.1, -0.05) is 102 Å². The zero-order chi connectivity index (χ0) is 12.7. The normalized spacial score (nSPS) is 28.4. The lowest BCUT2D eigenvalue weighted by molar-refractivity contribution is 0.251. The average molecular weight is 248 g/mol. The number of hydrogen-bond donors (Lipinski definition) is 0. The van der Waals surface area contributed by atoms with Gasteiger partial charge in [0.15, 0.2) is 0 Å². The van der Waals surface area contributed by atoms with Gasteiger partial charge in [-0.2, -0.15) is 0 Å². The zero-order valence-electron chi connectivity index (χ0n) is 12.7. The minimum atomic E-state index is 0.699. The Morgan fingerprint density at radius 1 is 0.556 bits per heavy atom. The van der Waals surface area contributed by atoms with E-state index in [-0.39, 0.29) is 0 Å². The van der Waals surface area contributed by atoms with Gasteiger partial charge in [-0.05, 0) is 5.92 Å². The first kappa shape index (κ1) is 14.5. The molecule has 18 heavy (non-hydrogen) atoms. The highest BCUT2D eigenvalue weighted by atomic mass is 14.3. The maximum absolute atomic E-state index is 2.64. The maximum atomic E-state index is 2.64. The Morgan fingerprint density at radius 2 is 0.944 bits per heavy atom. The lowest BCUT2D eigenvalue weighted by Gasteiger charge is -2.40. The first-order valence-corrected chi connectivity index (χ1v) is 8.81. The van der Waals surface area contributed by atoms with Crippen molar-refractivity contribution in [1.29, 1.82) is 0 Å². The van der Waals surface area contributed by atoms with Gasteiger partial charge in [0.25, 0.3) is 0 Å². The summed E-state index contributed by atoms with van der Waals surface area (Å²) in [6.45, 7) is 0. The second kappa shape index (κ2) is 7.60. The quantitative estimate of drug-likeness (QED) is 0.554. The van der Waals surface area contributed by atoms with Crippen molar-refractivity contribution in [2.75, 3.05) is 0 Å². The van der Waals surface area contributed by atoms with E-state index in [2.05, 4.69) is 7.85 Å². The predicted octanol–water partition coefficient (Wildman–Crippen LogP) is 5.27. The molecule has 0 unspecified atom stereocenters. The third kappa shape index (κ3) is 4.32. The standard InChI is InChI=1S/C17H33B/c18-17(14-10-6-3-7-11-15-17)16-12-8-4-1-2-5-9-13-16/h16H,1-15,18H2. The van der Waals surface area contributed by atoms with Crippen molar-refractivity contribution >= 4 is 7.85 Å². The van der Waals surface area contributed by atoms with Crippen LogP contribution in [0, 0.1) is 5.92 Å². The molecule has 0 aromatic carbocycles. The van der Waals surface area contributed by atoms with Crippen LogP contribution >= 0.6 is 0 Å². The van der Waals surface area contributed by atoms with Crippen LogP contribution in [-0.2, 0) is 0 Å². The fraction of sp³-hybridized carbons (Fsp3) is 1.00. The van der Waals surface area contributed by atoms with E-state index < -0.39 is 0 Å². The summed E-state index contributed by atoms with van der Waals surface area (Å²) in [5, 5.41) is 0.699. The van der Waals surface area contributed by atoms with Crippen molar-refractivity contribution in [1.82, 2.24) is 0 Å². The number of hydrogen-bond acceptors (Lipinski definition) is 0. The molecule has 0 aromatic rings. The lowest BCUT2D eigenvalue weighted by atomic mass is 9.53. The number of rotatable bonds is 1. The Labute approximate surface area is 116 Å². The van der Waals surface area contributed by atoms with Gasteiger partial charge in [0.05, 0.1) is 0 Å². The Balaban J connectivity index is 1.94. The molecule has 0 amide bonds. The van der Waals surface area contributed by atoms with E-state index in [0.29, 0.717) is 5.31 Å². The third-order valence-electron chi connectivity index (χ3n) is 5.84. The average Bonchev–Trinajstić information content (AvgIpc) is 2.48. The van der Waals surface area contributed by atoms with E-state index in [1.54, 1.807) is 0 Å². The summed E-state index contributed by atoms with van der Waals surface area (Å²) < 4.78 is 0. The predicted molar refractivity (Wildman–Crippen MR) is 84.0 cm³/mol. The van der Waals surface area contributed by atoms with Crippen LogP contribution < -0.4 is 0 Å². The minimum absolute atomic E-state index is 0.699. The molecule has 0 radical (unpaired) electrons. The Bertz CT molecular complexity index is 206. The van der Waals surface area contributed by atoms with Gasteiger partial charge in [0.2, 0.25) is 0 Å². The molecule has 2 fully saturated rings. The molecule has 0 spiro atoms. The molecule has 104 valence electrons. The van der Waals surface area contributed by atoms with Crippen LogP contribution in [0.15, 0.2) is 0 Å². The summed E-state index contributed by atoms with van der Waals surface area (Å²) >= 11 is 0. The van der Waals surface area contributed by atoms with Gasteiger partial charge in [0.1, 0.15) is 7.85 Å². The molecule has 0 aromatic heterocycles. The monoisotopic (exact) mass is 248 g/mol.